The minimum Gasteiger partial charge on any atom is -0.496 e. The first-order valence-corrected chi connectivity index (χ1v) is 8.58. The number of hydrogen-bond donors (Lipinski definition) is 1. The fraction of sp³-hybridized carbons (Fsp3) is 0.333. The molecular weight excluding hydrogens is 317 g/mol. The molecule has 0 radical (unpaired) electrons. The Kier molecular flexibility index (Phi) is 5.71. The molecule has 2 aromatic rings. The summed E-state index contributed by atoms with van der Waals surface area (Å²) in [5, 5.41) is 3.48. The van der Waals surface area contributed by atoms with Gasteiger partial charge in [-0.3, -0.25) is 0 Å². The molecular formula is C21H24FNO2. The van der Waals surface area contributed by atoms with E-state index in [9.17, 15) is 4.39 Å². The van der Waals surface area contributed by atoms with Gasteiger partial charge in [-0.15, -0.1) is 0 Å². The third kappa shape index (κ3) is 4.40. The van der Waals surface area contributed by atoms with Crippen molar-refractivity contribution >= 4 is 0 Å². The average molecular weight is 341 g/mol. The number of halogens is 1. The monoisotopic (exact) mass is 341 g/mol. The lowest BCUT2D eigenvalue weighted by molar-refractivity contribution is 0.357. The first kappa shape index (κ1) is 17.5. The molecule has 132 valence electrons. The van der Waals surface area contributed by atoms with Gasteiger partial charge in [-0.25, -0.2) is 4.39 Å². The number of rotatable bonds is 9. The van der Waals surface area contributed by atoms with Crippen molar-refractivity contribution in [3.63, 3.8) is 0 Å². The lowest BCUT2D eigenvalue weighted by Crippen LogP contribution is -2.17. The molecule has 3 rings (SSSR count). The highest BCUT2D eigenvalue weighted by Crippen LogP contribution is 2.50. The van der Waals surface area contributed by atoms with Crippen LogP contribution in [0.1, 0.15) is 23.5 Å². The van der Waals surface area contributed by atoms with Crippen LogP contribution < -0.4 is 14.8 Å². The highest BCUT2D eigenvalue weighted by atomic mass is 19.1. The second kappa shape index (κ2) is 8.17. The van der Waals surface area contributed by atoms with E-state index in [4.69, 9.17) is 9.47 Å². The minimum absolute atomic E-state index is 0.214. The molecule has 0 aliphatic heterocycles. The maximum Gasteiger partial charge on any atom is 0.123 e. The normalized spacial score (nSPS) is 18.6. The van der Waals surface area contributed by atoms with E-state index in [1.165, 1.54) is 6.07 Å². The van der Waals surface area contributed by atoms with Crippen LogP contribution in [0.3, 0.4) is 0 Å². The van der Waals surface area contributed by atoms with Crippen LogP contribution in [-0.2, 0) is 6.54 Å². The Bertz CT molecular complexity index is 732. The maximum absolute atomic E-state index is 13.6. The zero-order valence-electron chi connectivity index (χ0n) is 14.5. The van der Waals surface area contributed by atoms with Crippen molar-refractivity contribution in [3.05, 3.63) is 72.1 Å². The number of para-hydroxylation sites is 1. The lowest BCUT2D eigenvalue weighted by Gasteiger charge is -2.11. The third-order valence-corrected chi connectivity index (χ3v) is 4.57. The van der Waals surface area contributed by atoms with E-state index in [-0.39, 0.29) is 5.82 Å². The highest BCUT2D eigenvalue weighted by molar-refractivity contribution is 5.40. The fourth-order valence-corrected chi connectivity index (χ4v) is 3.18. The van der Waals surface area contributed by atoms with Gasteiger partial charge in [0.15, 0.2) is 0 Å². The molecule has 0 aromatic heterocycles. The van der Waals surface area contributed by atoms with Crippen LogP contribution in [0.4, 0.5) is 4.39 Å². The number of hydrogen-bond acceptors (Lipinski definition) is 3. The van der Waals surface area contributed by atoms with Crippen LogP contribution in [-0.4, -0.2) is 20.3 Å². The molecule has 4 heteroatoms. The highest BCUT2D eigenvalue weighted by Gasteiger charge is 2.39. The molecule has 1 aliphatic rings. The second-order valence-corrected chi connectivity index (χ2v) is 6.33. The van der Waals surface area contributed by atoms with Gasteiger partial charge in [0.2, 0.25) is 0 Å². The summed E-state index contributed by atoms with van der Waals surface area (Å²) in [6.07, 6.45) is 2.75. The Balaban J connectivity index is 1.56. The molecule has 0 amide bonds. The van der Waals surface area contributed by atoms with Crippen LogP contribution in [0.2, 0.25) is 0 Å². The fourth-order valence-electron chi connectivity index (χ4n) is 3.18. The van der Waals surface area contributed by atoms with E-state index in [1.807, 2.05) is 18.2 Å². The largest absolute Gasteiger partial charge is 0.496 e. The van der Waals surface area contributed by atoms with E-state index >= 15 is 0 Å². The van der Waals surface area contributed by atoms with E-state index in [0.717, 1.165) is 42.1 Å². The lowest BCUT2D eigenvalue weighted by atomic mass is 10.1. The molecule has 25 heavy (non-hydrogen) atoms. The summed E-state index contributed by atoms with van der Waals surface area (Å²) < 4.78 is 24.7. The van der Waals surface area contributed by atoms with Gasteiger partial charge in [-0.2, -0.15) is 0 Å². The first-order valence-electron chi connectivity index (χ1n) is 8.58. The van der Waals surface area contributed by atoms with Gasteiger partial charge < -0.3 is 14.8 Å². The van der Waals surface area contributed by atoms with E-state index in [1.54, 1.807) is 25.3 Å². The zero-order chi connectivity index (χ0) is 17.6. The summed E-state index contributed by atoms with van der Waals surface area (Å²) in [7, 11) is 1.69. The predicted molar refractivity (Wildman–Crippen MR) is 97.6 cm³/mol. The van der Waals surface area contributed by atoms with Crippen molar-refractivity contribution < 1.29 is 13.9 Å². The topological polar surface area (TPSA) is 30.5 Å². The van der Waals surface area contributed by atoms with Crippen LogP contribution in [0.15, 0.2) is 55.1 Å². The Morgan fingerprint density at radius 3 is 2.88 bits per heavy atom. The molecule has 1 saturated carbocycles. The van der Waals surface area contributed by atoms with Gasteiger partial charge in [0.25, 0.3) is 0 Å². The molecule has 0 spiro atoms. The quantitative estimate of drug-likeness (QED) is 0.690. The van der Waals surface area contributed by atoms with Crippen molar-refractivity contribution in [1.29, 1.82) is 0 Å². The Morgan fingerprint density at radius 2 is 2.08 bits per heavy atom. The summed E-state index contributed by atoms with van der Waals surface area (Å²) in [4.78, 5) is 0. The predicted octanol–water partition coefficient (Wildman–Crippen LogP) is 4.29. The van der Waals surface area contributed by atoms with Gasteiger partial charge in [-0.05, 0) is 49.1 Å². The van der Waals surface area contributed by atoms with E-state index < -0.39 is 0 Å². The van der Waals surface area contributed by atoms with E-state index in [0.29, 0.717) is 18.4 Å². The third-order valence-electron chi connectivity index (χ3n) is 4.57. The smallest absolute Gasteiger partial charge is 0.123 e. The zero-order valence-corrected chi connectivity index (χ0v) is 14.5. The van der Waals surface area contributed by atoms with Crippen LogP contribution >= 0.6 is 0 Å². The van der Waals surface area contributed by atoms with Gasteiger partial charge in [-0.1, -0.05) is 30.9 Å². The molecule has 0 unspecified atom stereocenters. The summed E-state index contributed by atoms with van der Waals surface area (Å²) in [5.74, 6) is 2.29. The summed E-state index contributed by atoms with van der Waals surface area (Å²) >= 11 is 0. The average Bonchev–Trinajstić information content (AvgIpc) is 3.40. The number of ether oxygens (including phenoxy) is 2. The minimum atomic E-state index is -0.214. The van der Waals surface area contributed by atoms with Crippen molar-refractivity contribution in [2.45, 2.75) is 18.9 Å². The van der Waals surface area contributed by atoms with Gasteiger partial charge in [0.1, 0.15) is 23.9 Å². The van der Waals surface area contributed by atoms with Crippen LogP contribution in [0.5, 0.6) is 11.5 Å². The molecule has 1 N–H and O–H groups in total. The standard InChI is InChI=1S/C21H24FNO2/c1-3-10-25-21-9-8-17(22)12-19(21)18-11-16(18)14-23-13-15-6-4-5-7-20(15)24-2/h3-9,12,16,18,23H,1,10-11,13-14H2,2H3/t16-,18+/m1/s1. The SMILES string of the molecule is C=CCOc1ccc(F)cc1[C@H]1C[C@@H]1CNCc1ccccc1OC. The number of nitrogens with one attached hydrogen (secondary N) is 1. The Labute approximate surface area is 148 Å². The molecule has 2 atom stereocenters. The number of methoxy groups -OCH3 is 1. The first-order chi connectivity index (χ1) is 12.2. The van der Waals surface area contributed by atoms with Crippen molar-refractivity contribution in [1.82, 2.24) is 5.32 Å². The molecule has 3 nitrogen and oxygen atoms in total. The maximum atomic E-state index is 13.6. The van der Waals surface area contributed by atoms with Crippen LogP contribution in [0.25, 0.3) is 0 Å². The van der Waals surface area contributed by atoms with Crippen molar-refractivity contribution in [2.75, 3.05) is 20.3 Å². The summed E-state index contributed by atoms with van der Waals surface area (Å²) in [5.41, 5.74) is 2.11. The molecule has 2 aromatic carbocycles. The summed E-state index contributed by atoms with van der Waals surface area (Å²) in [6, 6.07) is 12.8. The molecule has 0 heterocycles. The van der Waals surface area contributed by atoms with Crippen molar-refractivity contribution in [3.8, 4) is 11.5 Å². The molecule has 0 saturated heterocycles. The van der Waals surface area contributed by atoms with Gasteiger partial charge in [0.05, 0.1) is 7.11 Å². The second-order valence-electron chi connectivity index (χ2n) is 6.33. The van der Waals surface area contributed by atoms with Crippen LogP contribution in [0, 0.1) is 11.7 Å². The molecule has 0 bridgehead atoms. The Morgan fingerprint density at radius 1 is 1.24 bits per heavy atom. The molecule has 1 fully saturated rings. The molecule has 1 aliphatic carbocycles. The Hall–Kier alpha value is -2.33. The number of benzene rings is 2. The van der Waals surface area contributed by atoms with Gasteiger partial charge in [0, 0.05) is 17.7 Å². The summed E-state index contributed by atoms with van der Waals surface area (Å²) in [6.45, 7) is 5.74. The van der Waals surface area contributed by atoms with E-state index in [2.05, 4.69) is 18.0 Å². The van der Waals surface area contributed by atoms with Gasteiger partial charge >= 0.3 is 0 Å². The van der Waals surface area contributed by atoms with Crippen molar-refractivity contribution in [2.24, 2.45) is 5.92 Å².